The average molecular weight is 221 g/mol. The van der Waals surface area contributed by atoms with Crippen LogP contribution in [0.25, 0.3) is 0 Å². The third-order valence-corrected chi connectivity index (χ3v) is 2.07. The molecule has 1 aromatic carbocycles. The number of nitrogens with zero attached hydrogens (tertiary/aromatic N) is 1. The van der Waals surface area contributed by atoms with E-state index in [1.54, 1.807) is 12.1 Å². The largest absolute Gasteiger partial charge is 0.454 e. The van der Waals surface area contributed by atoms with Gasteiger partial charge in [0.25, 0.3) is 0 Å². The third-order valence-electron chi connectivity index (χ3n) is 2.07. The van der Waals surface area contributed by atoms with Gasteiger partial charge in [0.1, 0.15) is 0 Å². The first-order valence-electron chi connectivity index (χ1n) is 4.65. The molecule has 0 radical (unpaired) electrons. The van der Waals surface area contributed by atoms with Gasteiger partial charge in [-0.2, -0.15) is 5.10 Å². The van der Waals surface area contributed by atoms with Crippen LogP contribution in [0.5, 0.6) is 11.5 Å². The molecule has 0 aliphatic carbocycles. The summed E-state index contributed by atoms with van der Waals surface area (Å²) in [6, 6.07) is 3.39. The molecule has 16 heavy (non-hydrogen) atoms. The first-order chi connectivity index (χ1) is 7.70. The van der Waals surface area contributed by atoms with E-state index >= 15 is 0 Å². The molecule has 0 saturated heterocycles. The number of hydrogen-bond acceptors (Lipinski definition) is 5. The van der Waals surface area contributed by atoms with E-state index in [0.717, 1.165) is 0 Å². The van der Waals surface area contributed by atoms with Crippen molar-refractivity contribution in [2.45, 2.75) is 6.92 Å². The number of anilines is 1. The average Bonchev–Trinajstić information content (AvgIpc) is 2.64. The molecule has 1 heterocycles. The van der Waals surface area contributed by atoms with Gasteiger partial charge in [0.05, 0.1) is 11.9 Å². The molecule has 0 aromatic heterocycles. The number of hydrazone groups is 1. The molecule has 1 aromatic rings. The SMILES string of the molecule is CC(=O)Nc1cc2c(cc1C=NN)OCO2. The minimum atomic E-state index is -0.175. The highest BCUT2D eigenvalue weighted by Crippen LogP contribution is 2.36. The molecule has 1 amide bonds. The van der Waals surface area contributed by atoms with E-state index in [1.165, 1.54) is 13.1 Å². The lowest BCUT2D eigenvalue weighted by atomic mass is 10.1. The summed E-state index contributed by atoms with van der Waals surface area (Å²) in [4.78, 5) is 11.0. The number of nitrogens with one attached hydrogen (secondary N) is 1. The molecule has 6 nitrogen and oxygen atoms in total. The Labute approximate surface area is 92.0 Å². The van der Waals surface area contributed by atoms with Gasteiger partial charge in [-0.15, -0.1) is 0 Å². The molecule has 2 rings (SSSR count). The van der Waals surface area contributed by atoms with E-state index < -0.39 is 0 Å². The maximum Gasteiger partial charge on any atom is 0.231 e. The maximum absolute atomic E-state index is 11.0. The molecular formula is C10H11N3O3. The summed E-state index contributed by atoms with van der Waals surface area (Å²) in [5, 5.41) is 6.09. The van der Waals surface area contributed by atoms with Crippen LogP contribution in [0.1, 0.15) is 12.5 Å². The zero-order chi connectivity index (χ0) is 11.5. The van der Waals surface area contributed by atoms with Crippen LogP contribution >= 0.6 is 0 Å². The lowest BCUT2D eigenvalue weighted by Crippen LogP contribution is -2.08. The molecule has 3 N–H and O–H groups in total. The van der Waals surface area contributed by atoms with Crippen LogP contribution in [0.3, 0.4) is 0 Å². The van der Waals surface area contributed by atoms with E-state index in [1.807, 2.05) is 0 Å². The third kappa shape index (κ3) is 1.90. The van der Waals surface area contributed by atoms with Crippen LogP contribution in [0.15, 0.2) is 17.2 Å². The summed E-state index contributed by atoms with van der Waals surface area (Å²) < 4.78 is 10.4. The summed E-state index contributed by atoms with van der Waals surface area (Å²) in [7, 11) is 0. The molecule has 0 spiro atoms. The Morgan fingerprint density at radius 1 is 1.50 bits per heavy atom. The minimum Gasteiger partial charge on any atom is -0.454 e. The normalized spacial score (nSPS) is 13.1. The molecule has 84 valence electrons. The topological polar surface area (TPSA) is 85.9 Å². The fourth-order valence-electron chi connectivity index (χ4n) is 1.44. The van der Waals surface area contributed by atoms with Crippen molar-refractivity contribution in [2.24, 2.45) is 10.9 Å². The Morgan fingerprint density at radius 2 is 2.19 bits per heavy atom. The van der Waals surface area contributed by atoms with Crippen molar-refractivity contribution in [1.82, 2.24) is 0 Å². The first kappa shape index (κ1) is 10.3. The predicted octanol–water partition coefficient (Wildman–Crippen LogP) is 0.666. The summed E-state index contributed by atoms with van der Waals surface area (Å²) in [6.07, 6.45) is 1.44. The number of carbonyl (C=O) groups is 1. The van der Waals surface area contributed by atoms with Gasteiger partial charge in [0, 0.05) is 18.6 Å². The number of amides is 1. The zero-order valence-corrected chi connectivity index (χ0v) is 8.69. The van der Waals surface area contributed by atoms with Gasteiger partial charge in [0.2, 0.25) is 12.7 Å². The standard InChI is InChI=1S/C10H11N3O3/c1-6(14)13-8-3-10-9(15-5-16-10)2-7(8)4-12-11/h2-4H,5,11H2,1H3,(H,13,14). The van der Waals surface area contributed by atoms with Crippen LogP contribution in [0, 0.1) is 0 Å². The van der Waals surface area contributed by atoms with Crippen molar-refractivity contribution in [1.29, 1.82) is 0 Å². The van der Waals surface area contributed by atoms with E-state index in [0.29, 0.717) is 22.7 Å². The number of fused-ring (bicyclic) bond motifs is 1. The van der Waals surface area contributed by atoms with E-state index in [9.17, 15) is 4.79 Å². The van der Waals surface area contributed by atoms with Gasteiger partial charge in [-0.25, -0.2) is 0 Å². The molecule has 6 heteroatoms. The van der Waals surface area contributed by atoms with Gasteiger partial charge in [-0.1, -0.05) is 0 Å². The van der Waals surface area contributed by atoms with Crippen molar-refractivity contribution >= 4 is 17.8 Å². The Bertz CT molecular complexity index is 457. The Morgan fingerprint density at radius 3 is 2.81 bits per heavy atom. The second-order valence-electron chi connectivity index (χ2n) is 3.25. The van der Waals surface area contributed by atoms with E-state index in [-0.39, 0.29) is 12.7 Å². The number of rotatable bonds is 2. The van der Waals surface area contributed by atoms with Crippen molar-refractivity contribution in [3.8, 4) is 11.5 Å². The summed E-state index contributed by atoms with van der Waals surface area (Å²) in [5.41, 5.74) is 1.26. The summed E-state index contributed by atoms with van der Waals surface area (Å²) in [5.74, 6) is 6.12. The first-order valence-corrected chi connectivity index (χ1v) is 4.65. The Kier molecular flexibility index (Phi) is 2.63. The predicted molar refractivity (Wildman–Crippen MR) is 58.7 cm³/mol. The van der Waals surface area contributed by atoms with Crippen LogP contribution < -0.4 is 20.6 Å². The lowest BCUT2D eigenvalue weighted by Gasteiger charge is -2.07. The molecule has 0 unspecified atom stereocenters. The van der Waals surface area contributed by atoms with Crippen LogP contribution in [0.2, 0.25) is 0 Å². The molecular weight excluding hydrogens is 210 g/mol. The molecule has 0 atom stereocenters. The Hall–Kier alpha value is -2.24. The van der Waals surface area contributed by atoms with Crippen LogP contribution in [-0.4, -0.2) is 18.9 Å². The monoisotopic (exact) mass is 221 g/mol. The highest BCUT2D eigenvalue weighted by atomic mass is 16.7. The van der Waals surface area contributed by atoms with Gasteiger partial charge in [-0.3, -0.25) is 4.79 Å². The zero-order valence-electron chi connectivity index (χ0n) is 8.69. The summed E-state index contributed by atoms with van der Waals surface area (Å²) >= 11 is 0. The number of carbonyl (C=O) groups excluding carboxylic acids is 1. The summed E-state index contributed by atoms with van der Waals surface area (Å²) in [6.45, 7) is 1.60. The van der Waals surface area contributed by atoms with E-state index in [2.05, 4.69) is 10.4 Å². The van der Waals surface area contributed by atoms with Crippen molar-refractivity contribution < 1.29 is 14.3 Å². The minimum absolute atomic E-state index is 0.175. The van der Waals surface area contributed by atoms with Crippen molar-refractivity contribution in [2.75, 3.05) is 12.1 Å². The lowest BCUT2D eigenvalue weighted by molar-refractivity contribution is -0.114. The van der Waals surface area contributed by atoms with Gasteiger partial charge < -0.3 is 20.6 Å². The highest BCUT2D eigenvalue weighted by Gasteiger charge is 2.16. The Balaban J connectivity index is 2.44. The maximum atomic E-state index is 11.0. The van der Waals surface area contributed by atoms with Crippen LogP contribution in [0.4, 0.5) is 5.69 Å². The highest BCUT2D eigenvalue weighted by molar-refractivity contribution is 5.97. The van der Waals surface area contributed by atoms with Crippen LogP contribution in [-0.2, 0) is 4.79 Å². The second-order valence-corrected chi connectivity index (χ2v) is 3.25. The quantitative estimate of drug-likeness (QED) is 0.436. The fourth-order valence-corrected chi connectivity index (χ4v) is 1.44. The molecule has 1 aliphatic rings. The van der Waals surface area contributed by atoms with Crippen molar-refractivity contribution in [3.05, 3.63) is 17.7 Å². The van der Waals surface area contributed by atoms with Gasteiger partial charge in [-0.05, 0) is 6.07 Å². The molecule has 0 bridgehead atoms. The van der Waals surface area contributed by atoms with E-state index in [4.69, 9.17) is 15.3 Å². The van der Waals surface area contributed by atoms with Crippen molar-refractivity contribution in [3.63, 3.8) is 0 Å². The number of benzene rings is 1. The number of ether oxygens (including phenoxy) is 2. The smallest absolute Gasteiger partial charge is 0.231 e. The van der Waals surface area contributed by atoms with Gasteiger partial charge >= 0.3 is 0 Å². The second kappa shape index (κ2) is 4.09. The number of hydrogen-bond donors (Lipinski definition) is 2. The van der Waals surface area contributed by atoms with Gasteiger partial charge in [0.15, 0.2) is 11.5 Å². The molecule has 0 fully saturated rings. The molecule has 0 saturated carbocycles. The fraction of sp³-hybridized carbons (Fsp3) is 0.200. The number of nitrogens with two attached hydrogens (primary N) is 1. The molecule has 1 aliphatic heterocycles.